The molecule has 0 radical (unpaired) electrons. The van der Waals surface area contributed by atoms with Gasteiger partial charge in [-0.2, -0.15) is 0 Å². The minimum Gasteiger partial charge on any atom is -0.327 e. The van der Waals surface area contributed by atoms with Crippen molar-refractivity contribution in [3.05, 3.63) is 24.3 Å². The van der Waals surface area contributed by atoms with Crippen LogP contribution in [0.1, 0.15) is 25.7 Å². The van der Waals surface area contributed by atoms with Crippen LogP contribution >= 0.6 is 0 Å². The van der Waals surface area contributed by atoms with E-state index >= 15 is 0 Å². The van der Waals surface area contributed by atoms with Gasteiger partial charge in [-0.25, -0.2) is 8.42 Å². The summed E-state index contributed by atoms with van der Waals surface area (Å²) in [7, 11) is -3.29. The zero-order valence-electron chi connectivity index (χ0n) is 12.0. The number of anilines is 2. The Morgan fingerprint density at radius 3 is 2.38 bits per heavy atom. The number of nitrogens with one attached hydrogen (secondary N) is 2. The first-order valence-electron chi connectivity index (χ1n) is 6.97. The lowest BCUT2D eigenvalue weighted by Crippen LogP contribution is -2.28. The van der Waals surface area contributed by atoms with Crippen molar-refractivity contribution < 1.29 is 13.2 Å². The molecule has 0 unspecified atom stereocenters. The Morgan fingerprint density at radius 1 is 1.24 bits per heavy atom. The smallest absolute Gasteiger partial charge is 0.229 e. The number of sulfonamides is 1. The highest BCUT2D eigenvalue weighted by molar-refractivity contribution is 7.92. The molecule has 1 amide bonds. The summed E-state index contributed by atoms with van der Waals surface area (Å²) in [5.41, 5.74) is 7.06. The molecular weight excluding hydrogens is 290 g/mol. The van der Waals surface area contributed by atoms with Crippen molar-refractivity contribution in [2.45, 2.75) is 31.7 Å². The van der Waals surface area contributed by atoms with Gasteiger partial charge in [0.1, 0.15) is 0 Å². The first-order valence-corrected chi connectivity index (χ1v) is 8.86. The minimum absolute atomic E-state index is 0.0545. The largest absolute Gasteiger partial charge is 0.327 e. The third-order valence-corrected chi connectivity index (χ3v) is 4.24. The summed E-state index contributed by atoms with van der Waals surface area (Å²) in [5, 5.41) is 2.81. The van der Waals surface area contributed by atoms with E-state index < -0.39 is 10.0 Å². The Kier molecular flexibility index (Phi) is 4.84. The van der Waals surface area contributed by atoms with E-state index in [0.717, 1.165) is 25.5 Å². The molecule has 7 heteroatoms. The molecule has 1 aromatic carbocycles. The molecule has 0 saturated heterocycles. The van der Waals surface area contributed by atoms with Crippen molar-refractivity contribution in [3.8, 4) is 0 Å². The highest BCUT2D eigenvalue weighted by Crippen LogP contribution is 2.27. The Morgan fingerprint density at radius 2 is 1.86 bits per heavy atom. The van der Waals surface area contributed by atoms with Crippen molar-refractivity contribution in [2.75, 3.05) is 16.3 Å². The number of rotatable bonds is 5. The minimum atomic E-state index is -3.29. The summed E-state index contributed by atoms with van der Waals surface area (Å²) in [5.74, 6) is 0.206. The van der Waals surface area contributed by atoms with Gasteiger partial charge >= 0.3 is 0 Å². The second-order valence-corrected chi connectivity index (χ2v) is 7.31. The molecule has 6 nitrogen and oxygen atoms in total. The van der Waals surface area contributed by atoms with E-state index in [2.05, 4.69) is 10.0 Å². The lowest BCUT2D eigenvalue weighted by molar-refractivity contribution is -0.117. The van der Waals surface area contributed by atoms with Crippen LogP contribution in [0.4, 0.5) is 11.4 Å². The molecule has 0 heterocycles. The summed E-state index contributed by atoms with van der Waals surface area (Å²) in [6.07, 6.45) is 4.61. The van der Waals surface area contributed by atoms with Crippen LogP contribution in [0.3, 0.4) is 0 Å². The molecule has 116 valence electrons. The Labute approximate surface area is 125 Å². The van der Waals surface area contributed by atoms with Crippen molar-refractivity contribution in [2.24, 2.45) is 11.7 Å². The van der Waals surface area contributed by atoms with Crippen LogP contribution in [0.15, 0.2) is 24.3 Å². The predicted molar refractivity (Wildman–Crippen MR) is 83.5 cm³/mol. The van der Waals surface area contributed by atoms with Gasteiger partial charge in [-0.05, 0) is 43.0 Å². The molecule has 1 saturated carbocycles. The summed E-state index contributed by atoms with van der Waals surface area (Å²) >= 11 is 0. The standard InChI is InChI=1S/C14H21N3O3S/c1-21(19,20)17-12-7-5-11(6-8-12)16-14(18)9-10-3-2-4-13(10)15/h5-8,10,13,17H,2-4,9,15H2,1H3,(H,16,18)/t10-,13+/m0/s1. The Bertz CT molecular complexity index is 598. The zero-order valence-corrected chi connectivity index (χ0v) is 12.8. The van der Waals surface area contributed by atoms with E-state index in [0.29, 0.717) is 17.8 Å². The first-order chi connectivity index (χ1) is 9.83. The van der Waals surface area contributed by atoms with E-state index in [9.17, 15) is 13.2 Å². The molecule has 1 aliphatic rings. The average molecular weight is 311 g/mol. The van der Waals surface area contributed by atoms with Gasteiger partial charge in [0.05, 0.1) is 6.26 Å². The molecule has 0 aliphatic heterocycles. The van der Waals surface area contributed by atoms with Crippen LogP contribution in [0.5, 0.6) is 0 Å². The van der Waals surface area contributed by atoms with Crippen LogP contribution in [-0.4, -0.2) is 26.6 Å². The topological polar surface area (TPSA) is 101 Å². The fraction of sp³-hybridized carbons (Fsp3) is 0.500. The van der Waals surface area contributed by atoms with Crippen LogP contribution in [0.2, 0.25) is 0 Å². The summed E-state index contributed by atoms with van der Waals surface area (Å²) in [6.45, 7) is 0. The number of hydrogen-bond donors (Lipinski definition) is 3. The number of carbonyl (C=O) groups excluding carboxylic acids is 1. The maximum atomic E-state index is 11.9. The van der Waals surface area contributed by atoms with Crippen molar-refractivity contribution in [1.29, 1.82) is 0 Å². The molecule has 4 N–H and O–H groups in total. The third kappa shape index (κ3) is 5.02. The highest BCUT2D eigenvalue weighted by Gasteiger charge is 2.25. The van der Waals surface area contributed by atoms with E-state index in [1.807, 2.05) is 0 Å². The van der Waals surface area contributed by atoms with Crippen LogP contribution in [0.25, 0.3) is 0 Å². The zero-order chi connectivity index (χ0) is 15.5. The molecular formula is C14H21N3O3S. The molecule has 0 spiro atoms. The van der Waals surface area contributed by atoms with E-state index in [1.54, 1.807) is 24.3 Å². The van der Waals surface area contributed by atoms with E-state index in [-0.39, 0.29) is 17.9 Å². The number of nitrogens with two attached hydrogens (primary N) is 1. The summed E-state index contributed by atoms with van der Waals surface area (Å²) in [4.78, 5) is 11.9. The Balaban J connectivity index is 1.89. The summed E-state index contributed by atoms with van der Waals surface area (Å²) in [6, 6.07) is 6.67. The van der Waals surface area contributed by atoms with Gasteiger partial charge in [-0.1, -0.05) is 6.42 Å². The quantitative estimate of drug-likeness (QED) is 0.767. The van der Waals surface area contributed by atoms with Gasteiger partial charge < -0.3 is 11.1 Å². The number of amides is 1. The van der Waals surface area contributed by atoms with Crippen LogP contribution < -0.4 is 15.8 Å². The second-order valence-electron chi connectivity index (χ2n) is 5.56. The monoisotopic (exact) mass is 311 g/mol. The normalized spacial score (nSPS) is 22.0. The first kappa shape index (κ1) is 15.8. The predicted octanol–water partition coefficient (Wildman–Crippen LogP) is 1.51. The van der Waals surface area contributed by atoms with Crippen molar-refractivity contribution in [3.63, 3.8) is 0 Å². The van der Waals surface area contributed by atoms with Gasteiger partial charge in [0.2, 0.25) is 15.9 Å². The molecule has 2 atom stereocenters. The summed E-state index contributed by atoms with van der Waals surface area (Å²) < 4.78 is 24.6. The van der Waals surface area contributed by atoms with Gasteiger partial charge in [-0.15, -0.1) is 0 Å². The molecule has 1 fully saturated rings. The van der Waals surface area contributed by atoms with Crippen molar-refractivity contribution in [1.82, 2.24) is 0 Å². The SMILES string of the molecule is CS(=O)(=O)Nc1ccc(NC(=O)C[C@@H]2CCC[C@H]2N)cc1. The lowest BCUT2D eigenvalue weighted by atomic mass is 10.00. The molecule has 21 heavy (non-hydrogen) atoms. The van der Waals surface area contributed by atoms with Gasteiger partial charge in [0, 0.05) is 23.8 Å². The van der Waals surface area contributed by atoms with Crippen LogP contribution in [0, 0.1) is 5.92 Å². The van der Waals surface area contributed by atoms with Gasteiger partial charge in [0.25, 0.3) is 0 Å². The fourth-order valence-corrected chi connectivity index (χ4v) is 3.17. The Hall–Kier alpha value is -1.60. The highest BCUT2D eigenvalue weighted by atomic mass is 32.2. The lowest BCUT2D eigenvalue weighted by Gasteiger charge is -2.15. The van der Waals surface area contributed by atoms with Gasteiger partial charge in [-0.3, -0.25) is 9.52 Å². The number of carbonyl (C=O) groups is 1. The van der Waals surface area contributed by atoms with Crippen molar-refractivity contribution >= 4 is 27.3 Å². The maximum Gasteiger partial charge on any atom is 0.229 e. The van der Waals surface area contributed by atoms with E-state index in [4.69, 9.17) is 5.73 Å². The molecule has 1 aromatic rings. The maximum absolute atomic E-state index is 11.9. The van der Waals surface area contributed by atoms with E-state index in [1.165, 1.54) is 0 Å². The molecule has 2 rings (SSSR count). The molecule has 1 aliphatic carbocycles. The number of hydrogen-bond acceptors (Lipinski definition) is 4. The average Bonchev–Trinajstić information content (AvgIpc) is 2.76. The van der Waals surface area contributed by atoms with Crippen LogP contribution in [-0.2, 0) is 14.8 Å². The fourth-order valence-electron chi connectivity index (χ4n) is 2.60. The van der Waals surface area contributed by atoms with Gasteiger partial charge in [0.15, 0.2) is 0 Å². The second kappa shape index (κ2) is 6.44. The molecule has 0 aromatic heterocycles. The third-order valence-electron chi connectivity index (χ3n) is 3.64. The molecule has 0 bridgehead atoms. The number of benzene rings is 1.